The molecule has 1 aliphatic rings. The summed E-state index contributed by atoms with van der Waals surface area (Å²) < 4.78 is 11.3. The summed E-state index contributed by atoms with van der Waals surface area (Å²) in [7, 11) is 1.57. The van der Waals surface area contributed by atoms with Crippen LogP contribution in [-0.4, -0.2) is 36.5 Å². The molecule has 0 spiro atoms. The Balaban J connectivity index is 2.36. The summed E-state index contributed by atoms with van der Waals surface area (Å²) in [5, 5.41) is 9.50. The number of amides is 2. The van der Waals surface area contributed by atoms with Crippen LogP contribution in [0, 0.1) is 11.3 Å². The SMILES string of the molecule is CCCCCCOc1ccc(/C=C2/C(=O)N(C(C)CC)C(=O)C(C#N)=C2C)cc1OC. The minimum absolute atomic E-state index is 0.00477. The third kappa shape index (κ3) is 5.55. The highest BCUT2D eigenvalue weighted by molar-refractivity contribution is 6.19. The molecule has 0 saturated heterocycles. The van der Waals surface area contributed by atoms with Crippen molar-refractivity contribution in [2.45, 2.75) is 65.8 Å². The van der Waals surface area contributed by atoms with E-state index in [1.165, 1.54) is 17.7 Å². The Morgan fingerprint density at radius 3 is 2.48 bits per heavy atom. The molecule has 2 rings (SSSR count). The first-order valence-corrected chi connectivity index (χ1v) is 10.9. The molecule has 0 bridgehead atoms. The number of imide groups is 1. The van der Waals surface area contributed by atoms with E-state index in [0.717, 1.165) is 18.4 Å². The average Bonchev–Trinajstić information content (AvgIpc) is 2.77. The van der Waals surface area contributed by atoms with Crippen LogP contribution in [0.1, 0.15) is 65.4 Å². The van der Waals surface area contributed by atoms with Crippen LogP contribution < -0.4 is 9.47 Å². The molecular formula is C25H32N2O4. The van der Waals surface area contributed by atoms with Crippen molar-refractivity contribution >= 4 is 17.9 Å². The number of nitrogens with zero attached hydrogens (tertiary/aromatic N) is 2. The van der Waals surface area contributed by atoms with Crippen molar-refractivity contribution in [1.29, 1.82) is 5.26 Å². The Bertz CT molecular complexity index is 924. The third-order valence-electron chi connectivity index (χ3n) is 5.56. The summed E-state index contributed by atoms with van der Waals surface area (Å²) in [6.07, 6.45) is 6.79. The second kappa shape index (κ2) is 11.4. The molecule has 2 amide bonds. The minimum atomic E-state index is -0.527. The van der Waals surface area contributed by atoms with Crippen LogP contribution >= 0.6 is 0 Å². The second-order valence-corrected chi connectivity index (χ2v) is 7.73. The largest absolute Gasteiger partial charge is 0.493 e. The number of carbonyl (C=O) groups is 2. The molecule has 6 heteroatoms. The van der Waals surface area contributed by atoms with E-state index in [2.05, 4.69) is 6.92 Å². The number of methoxy groups -OCH3 is 1. The number of carbonyl (C=O) groups excluding carboxylic acids is 2. The van der Waals surface area contributed by atoms with Gasteiger partial charge in [0.05, 0.1) is 13.7 Å². The Labute approximate surface area is 185 Å². The summed E-state index contributed by atoms with van der Waals surface area (Å²) in [5.74, 6) is 0.314. The molecule has 1 aromatic rings. The minimum Gasteiger partial charge on any atom is -0.493 e. The van der Waals surface area contributed by atoms with Crippen molar-refractivity contribution in [3.8, 4) is 17.6 Å². The van der Waals surface area contributed by atoms with Gasteiger partial charge in [0.1, 0.15) is 11.6 Å². The summed E-state index contributed by atoms with van der Waals surface area (Å²) in [4.78, 5) is 26.9. The van der Waals surface area contributed by atoms with Crippen molar-refractivity contribution in [2.24, 2.45) is 0 Å². The lowest BCUT2D eigenvalue weighted by molar-refractivity contribution is -0.142. The molecule has 0 radical (unpaired) electrons. The van der Waals surface area contributed by atoms with Crippen LogP contribution in [0.25, 0.3) is 6.08 Å². The molecule has 1 aromatic carbocycles. The van der Waals surface area contributed by atoms with E-state index in [9.17, 15) is 14.9 Å². The van der Waals surface area contributed by atoms with Gasteiger partial charge in [-0.3, -0.25) is 14.5 Å². The van der Waals surface area contributed by atoms with Crippen molar-refractivity contribution < 1.29 is 19.1 Å². The predicted molar refractivity (Wildman–Crippen MR) is 121 cm³/mol. The van der Waals surface area contributed by atoms with Crippen LogP contribution in [0.3, 0.4) is 0 Å². The standard InChI is InChI=1S/C25H32N2O4/c1-6-8-9-10-13-31-22-12-11-19(15-23(22)30-5)14-20-18(4)21(16-26)25(29)27(24(20)28)17(3)7-2/h11-12,14-15,17H,6-10,13H2,1-5H3/b20-14+. The maximum atomic E-state index is 13.1. The van der Waals surface area contributed by atoms with E-state index in [1.807, 2.05) is 25.1 Å². The van der Waals surface area contributed by atoms with Crippen LogP contribution in [0.5, 0.6) is 11.5 Å². The van der Waals surface area contributed by atoms with Gasteiger partial charge in [-0.05, 0) is 56.0 Å². The lowest BCUT2D eigenvalue weighted by Gasteiger charge is -2.31. The number of unbranched alkanes of at least 4 members (excludes halogenated alkanes) is 3. The molecule has 31 heavy (non-hydrogen) atoms. The van der Waals surface area contributed by atoms with Gasteiger partial charge in [-0.2, -0.15) is 5.26 Å². The molecule has 1 unspecified atom stereocenters. The molecular weight excluding hydrogens is 392 g/mol. The number of ether oxygens (including phenoxy) is 2. The third-order valence-corrected chi connectivity index (χ3v) is 5.56. The van der Waals surface area contributed by atoms with Crippen molar-refractivity contribution in [3.05, 3.63) is 40.5 Å². The smallest absolute Gasteiger partial charge is 0.271 e. The van der Waals surface area contributed by atoms with E-state index >= 15 is 0 Å². The molecule has 1 aliphatic heterocycles. The highest BCUT2D eigenvalue weighted by Crippen LogP contribution is 2.32. The lowest BCUT2D eigenvalue weighted by Crippen LogP contribution is -2.47. The van der Waals surface area contributed by atoms with E-state index in [0.29, 0.717) is 35.7 Å². The van der Waals surface area contributed by atoms with Gasteiger partial charge < -0.3 is 9.47 Å². The predicted octanol–water partition coefficient (Wildman–Crippen LogP) is 5.05. The highest BCUT2D eigenvalue weighted by atomic mass is 16.5. The highest BCUT2D eigenvalue weighted by Gasteiger charge is 2.37. The fourth-order valence-corrected chi connectivity index (χ4v) is 3.45. The average molecular weight is 425 g/mol. The van der Waals surface area contributed by atoms with Crippen molar-refractivity contribution in [2.75, 3.05) is 13.7 Å². The fraction of sp³-hybridized carbons (Fsp3) is 0.480. The topological polar surface area (TPSA) is 79.6 Å². The van der Waals surface area contributed by atoms with Crippen LogP contribution in [0.2, 0.25) is 0 Å². The Hall–Kier alpha value is -3.07. The van der Waals surface area contributed by atoms with Crippen LogP contribution in [-0.2, 0) is 9.59 Å². The first kappa shape index (κ1) is 24.2. The number of hydrogen-bond donors (Lipinski definition) is 0. The molecule has 0 aliphatic carbocycles. The maximum absolute atomic E-state index is 13.1. The lowest BCUT2D eigenvalue weighted by atomic mass is 9.92. The van der Waals surface area contributed by atoms with Gasteiger partial charge >= 0.3 is 0 Å². The number of hydrogen-bond acceptors (Lipinski definition) is 5. The van der Waals surface area contributed by atoms with Crippen LogP contribution in [0.4, 0.5) is 0 Å². The number of rotatable bonds is 10. The van der Waals surface area contributed by atoms with Gasteiger partial charge in [-0.15, -0.1) is 0 Å². The molecule has 6 nitrogen and oxygen atoms in total. The molecule has 0 aromatic heterocycles. The molecule has 0 saturated carbocycles. The summed E-state index contributed by atoms with van der Waals surface area (Å²) in [6.45, 7) is 8.13. The molecule has 1 atom stereocenters. The summed E-state index contributed by atoms with van der Waals surface area (Å²) in [5.41, 5.74) is 1.47. The van der Waals surface area contributed by atoms with E-state index in [-0.39, 0.29) is 17.5 Å². The number of nitriles is 1. The first-order chi connectivity index (χ1) is 14.9. The zero-order valence-electron chi connectivity index (χ0n) is 19.2. The van der Waals surface area contributed by atoms with E-state index in [4.69, 9.17) is 9.47 Å². The zero-order valence-corrected chi connectivity index (χ0v) is 19.2. The monoisotopic (exact) mass is 424 g/mol. The van der Waals surface area contributed by atoms with Crippen LogP contribution in [0.15, 0.2) is 34.9 Å². The van der Waals surface area contributed by atoms with Gasteiger partial charge in [0.2, 0.25) is 0 Å². The zero-order chi connectivity index (χ0) is 23.0. The van der Waals surface area contributed by atoms with Crippen molar-refractivity contribution in [3.63, 3.8) is 0 Å². The number of benzene rings is 1. The molecule has 0 N–H and O–H groups in total. The normalized spacial score (nSPS) is 16.5. The second-order valence-electron chi connectivity index (χ2n) is 7.73. The molecule has 166 valence electrons. The Morgan fingerprint density at radius 2 is 1.87 bits per heavy atom. The van der Waals surface area contributed by atoms with Gasteiger partial charge in [-0.1, -0.05) is 39.2 Å². The van der Waals surface area contributed by atoms with Gasteiger partial charge in [0.25, 0.3) is 11.8 Å². The first-order valence-electron chi connectivity index (χ1n) is 10.9. The van der Waals surface area contributed by atoms with Gasteiger partial charge in [-0.25, -0.2) is 0 Å². The fourth-order valence-electron chi connectivity index (χ4n) is 3.45. The maximum Gasteiger partial charge on any atom is 0.271 e. The van der Waals surface area contributed by atoms with Gasteiger partial charge in [0, 0.05) is 11.6 Å². The summed E-state index contributed by atoms with van der Waals surface area (Å²) in [6, 6.07) is 7.13. The van der Waals surface area contributed by atoms with E-state index < -0.39 is 5.91 Å². The summed E-state index contributed by atoms with van der Waals surface area (Å²) >= 11 is 0. The molecule has 0 fully saturated rings. The van der Waals surface area contributed by atoms with E-state index in [1.54, 1.807) is 33.1 Å². The van der Waals surface area contributed by atoms with Gasteiger partial charge in [0.15, 0.2) is 11.5 Å². The Morgan fingerprint density at radius 1 is 1.13 bits per heavy atom. The molecule has 1 heterocycles. The van der Waals surface area contributed by atoms with Crippen molar-refractivity contribution in [1.82, 2.24) is 4.90 Å². The Kier molecular flexibility index (Phi) is 8.87. The quantitative estimate of drug-likeness (QED) is 0.298.